The van der Waals surface area contributed by atoms with Crippen molar-refractivity contribution in [1.29, 1.82) is 0 Å². The first-order chi connectivity index (χ1) is 10.7. The second-order valence-corrected chi connectivity index (χ2v) is 8.30. The number of nitrogens with zero attached hydrogens (tertiary/aromatic N) is 2. The number of esters is 1. The van der Waals surface area contributed by atoms with Crippen LogP contribution in [0.3, 0.4) is 0 Å². The van der Waals surface area contributed by atoms with Crippen LogP contribution < -0.4 is 0 Å². The van der Waals surface area contributed by atoms with Crippen molar-refractivity contribution < 1.29 is 22.7 Å². The fourth-order valence-corrected chi connectivity index (χ4v) is 3.81. The highest BCUT2D eigenvalue weighted by Crippen LogP contribution is 2.28. The normalized spacial score (nSPS) is 20.4. The van der Waals surface area contributed by atoms with Crippen LogP contribution in [0.4, 0.5) is 0 Å². The van der Waals surface area contributed by atoms with E-state index < -0.39 is 16.0 Å². The highest BCUT2D eigenvalue weighted by molar-refractivity contribution is 7.89. The van der Waals surface area contributed by atoms with Gasteiger partial charge in [0.2, 0.25) is 0 Å². The van der Waals surface area contributed by atoms with E-state index in [2.05, 4.69) is 10.2 Å². The molecule has 0 radical (unpaired) electrons. The molecular weight excluding hydrogens is 322 g/mol. The summed E-state index contributed by atoms with van der Waals surface area (Å²) in [6, 6.07) is 0. The van der Waals surface area contributed by atoms with Crippen molar-refractivity contribution in [3.63, 3.8) is 0 Å². The zero-order valence-corrected chi connectivity index (χ0v) is 14.6. The Kier molecular flexibility index (Phi) is 5.12. The van der Waals surface area contributed by atoms with E-state index in [1.807, 2.05) is 20.8 Å². The van der Waals surface area contributed by atoms with Gasteiger partial charge in [-0.3, -0.25) is 5.10 Å². The van der Waals surface area contributed by atoms with Crippen LogP contribution in [0.2, 0.25) is 0 Å². The summed E-state index contributed by atoms with van der Waals surface area (Å²) in [4.78, 5) is 11.9. The largest absolute Gasteiger partial charge is 0.462 e. The summed E-state index contributed by atoms with van der Waals surface area (Å²) in [6.45, 7) is 8.57. The van der Waals surface area contributed by atoms with Gasteiger partial charge in [0.1, 0.15) is 5.56 Å². The van der Waals surface area contributed by atoms with Crippen LogP contribution in [0, 0.1) is 5.41 Å². The van der Waals surface area contributed by atoms with Crippen molar-refractivity contribution >= 4 is 16.0 Å². The highest BCUT2D eigenvalue weighted by Gasteiger charge is 2.38. The predicted octanol–water partition coefficient (Wildman–Crippen LogP) is 1.02. The van der Waals surface area contributed by atoms with Gasteiger partial charge in [0, 0.05) is 13.1 Å². The zero-order chi connectivity index (χ0) is 17.3. The molecule has 2 rings (SSSR count). The number of aromatic nitrogens is 2. The van der Waals surface area contributed by atoms with Gasteiger partial charge < -0.3 is 9.47 Å². The number of sulfonamides is 1. The summed E-state index contributed by atoms with van der Waals surface area (Å²) >= 11 is 0. The molecular formula is C14H23N3O5S. The number of hydrogen-bond donors (Lipinski definition) is 1. The number of rotatable bonds is 4. The molecule has 1 saturated heterocycles. The smallest absolute Gasteiger partial charge is 0.342 e. The molecule has 2 heterocycles. The second kappa shape index (κ2) is 6.58. The van der Waals surface area contributed by atoms with E-state index in [9.17, 15) is 13.2 Å². The topological polar surface area (TPSA) is 102 Å². The lowest BCUT2D eigenvalue weighted by molar-refractivity contribution is -0.0591. The molecule has 0 unspecified atom stereocenters. The van der Waals surface area contributed by atoms with Gasteiger partial charge in [-0.25, -0.2) is 13.2 Å². The zero-order valence-electron chi connectivity index (χ0n) is 13.8. The van der Waals surface area contributed by atoms with Crippen LogP contribution in [0.1, 0.15) is 38.1 Å². The average Bonchev–Trinajstić information content (AvgIpc) is 2.97. The fourth-order valence-electron chi connectivity index (χ4n) is 2.32. The van der Waals surface area contributed by atoms with E-state index in [0.717, 1.165) is 0 Å². The number of ether oxygens (including phenoxy) is 2. The molecule has 1 N–H and O–H groups in total. The summed E-state index contributed by atoms with van der Waals surface area (Å²) in [5.74, 6) is -0.708. The van der Waals surface area contributed by atoms with Crippen molar-refractivity contribution in [3.05, 3.63) is 11.8 Å². The highest BCUT2D eigenvalue weighted by atomic mass is 32.2. The lowest BCUT2D eigenvalue weighted by atomic mass is 9.88. The molecule has 0 amide bonds. The number of carbonyl (C=O) groups excluding carboxylic acids is 1. The minimum atomic E-state index is -3.87. The third-order valence-corrected chi connectivity index (χ3v) is 5.53. The van der Waals surface area contributed by atoms with E-state index in [1.54, 1.807) is 6.92 Å². The Bertz CT molecular complexity index is 662. The van der Waals surface area contributed by atoms with Crippen molar-refractivity contribution in [3.8, 4) is 0 Å². The molecule has 23 heavy (non-hydrogen) atoms. The molecule has 1 aliphatic rings. The molecule has 1 fully saturated rings. The Balaban J connectivity index is 2.29. The summed E-state index contributed by atoms with van der Waals surface area (Å²) < 4.78 is 37.6. The van der Waals surface area contributed by atoms with Crippen LogP contribution in [0.15, 0.2) is 11.2 Å². The van der Waals surface area contributed by atoms with Crippen LogP contribution in [0.5, 0.6) is 0 Å². The summed E-state index contributed by atoms with van der Waals surface area (Å²) in [7, 11) is -3.87. The monoisotopic (exact) mass is 345 g/mol. The molecule has 1 aromatic heterocycles. The Morgan fingerprint density at radius 3 is 2.83 bits per heavy atom. The molecule has 0 aromatic carbocycles. The Morgan fingerprint density at radius 2 is 2.22 bits per heavy atom. The van der Waals surface area contributed by atoms with Crippen molar-refractivity contribution in [2.24, 2.45) is 5.41 Å². The molecule has 1 aliphatic heterocycles. The van der Waals surface area contributed by atoms with Gasteiger partial charge in [-0.15, -0.1) is 0 Å². The fraction of sp³-hybridized carbons (Fsp3) is 0.714. The number of H-pyrrole nitrogens is 1. The third kappa shape index (κ3) is 3.73. The lowest BCUT2D eigenvalue weighted by Gasteiger charge is -2.38. The molecule has 9 heteroatoms. The molecule has 130 valence electrons. The third-order valence-electron chi connectivity index (χ3n) is 3.69. The first-order valence-electron chi connectivity index (χ1n) is 7.50. The molecule has 0 saturated carbocycles. The van der Waals surface area contributed by atoms with E-state index in [0.29, 0.717) is 6.61 Å². The van der Waals surface area contributed by atoms with Gasteiger partial charge in [0.05, 0.1) is 25.5 Å². The minimum Gasteiger partial charge on any atom is -0.462 e. The van der Waals surface area contributed by atoms with Crippen LogP contribution in [-0.2, 0) is 19.5 Å². The number of aromatic amines is 1. The Labute approximate surface area is 136 Å². The second-order valence-electron chi connectivity index (χ2n) is 6.42. The first-order valence-corrected chi connectivity index (χ1v) is 8.94. The maximum Gasteiger partial charge on any atom is 0.342 e. The van der Waals surface area contributed by atoms with Gasteiger partial charge in [-0.05, 0) is 12.3 Å². The standard InChI is InChI=1S/C14H23N3O5S/c1-5-21-13(18)10-8-15-16-12(10)23(19,20)17-6-7-22-11(9-17)14(2,3)4/h8,11H,5-7,9H2,1-4H3,(H,15,16)/t11-/m0/s1. The minimum absolute atomic E-state index is 0.0781. The average molecular weight is 345 g/mol. The molecule has 0 bridgehead atoms. The van der Waals surface area contributed by atoms with Gasteiger partial charge in [0.15, 0.2) is 5.03 Å². The summed E-state index contributed by atoms with van der Waals surface area (Å²) in [5.41, 5.74) is -0.266. The SMILES string of the molecule is CCOC(=O)c1cn[nH]c1S(=O)(=O)N1CCO[C@H](C(C)(C)C)C1. The van der Waals surface area contributed by atoms with Crippen LogP contribution >= 0.6 is 0 Å². The van der Waals surface area contributed by atoms with E-state index >= 15 is 0 Å². The molecule has 1 aromatic rings. The van der Waals surface area contributed by atoms with Gasteiger partial charge in [-0.1, -0.05) is 20.8 Å². The molecule has 0 aliphatic carbocycles. The van der Waals surface area contributed by atoms with Crippen molar-refractivity contribution in [2.45, 2.75) is 38.8 Å². The van der Waals surface area contributed by atoms with E-state index in [-0.39, 0.29) is 41.8 Å². The lowest BCUT2D eigenvalue weighted by Crippen LogP contribution is -2.50. The van der Waals surface area contributed by atoms with Gasteiger partial charge in [-0.2, -0.15) is 9.40 Å². The Hall–Kier alpha value is -1.45. The molecule has 1 atom stereocenters. The maximum absolute atomic E-state index is 12.8. The van der Waals surface area contributed by atoms with E-state index in [4.69, 9.17) is 9.47 Å². The maximum atomic E-state index is 12.8. The predicted molar refractivity (Wildman–Crippen MR) is 82.5 cm³/mol. The number of morpholine rings is 1. The Morgan fingerprint density at radius 1 is 1.52 bits per heavy atom. The van der Waals surface area contributed by atoms with Crippen molar-refractivity contribution in [2.75, 3.05) is 26.3 Å². The van der Waals surface area contributed by atoms with Gasteiger partial charge >= 0.3 is 5.97 Å². The first kappa shape index (κ1) is 17.9. The number of carbonyl (C=O) groups is 1. The quantitative estimate of drug-likeness (QED) is 0.818. The number of nitrogens with one attached hydrogen (secondary N) is 1. The molecule has 0 spiro atoms. The van der Waals surface area contributed by atoms with Crippen molar-refractivity contribution in [1.82, 2.24) is 14.5 Å². The summed E-state index contributed by atoms with van der Waals surface area (Å²) in [5, 5.41) is 5.88. The van der Waals surface area contributed by atoms with Crippen LogP contribution in [0.25, 0.3) is 0 Å². The summed E-state index contributed by atoms with van der Waals surface area (Å²) in [6.07, 6.45) is 0.951. The molecule has 8 nitrogen and oxygen atoms in total. The van der Waals surface area contributed by atoms with Crippen LogP contribution in [-0.4, -0.2) is 61.3 Å². The van der Waals surface area contributed by atoms with Gasteiger partial charge in [0.25, 0.3) is 10.0 Å². The number of hydrogen-bond acceptors (Lipinski definition) is 6. The van der Waals surface area contributed by atoms with E-state index in [1.165, 1.54) is 10.5 Å².